The standard InChI is InChI=1S/C34H34F3N5O4/c35-20-14-34(9-3-11-42(34)16-20)18-45-33-39-31-25-15-38-30(29(31)37)24-13-21(43)12-19-7-8-26(36)23(28(19)24)5-1-6-27(44)46-22-4-2-10-41(17-22)32(25)40-33/h7-8,12-13,15,20,22,43H,1-6,9-11,14,16-18H2/t20-,22-,34+/m1/s1. The maximum Gasteiger partial charge on any atom is 0.319 e. The first-order chi connectivity index (χ1) is 22.3. The molecule has 2 aromatic heterocycles. The lowest BCUT2D eigenvalue weighted by molar-refractivity contribution is -0.149. The molecule has 3 saturated heterocycles. The van der Waals surface area contributed by atoms with Crippen LogP contribution in [0.3, 0.4) is 0 Å². The third-order valence-corrected chi connectivity index (χ3v) is 10.1. The fourth-order valence-electron chi connectivity index (χ4n) is 7.97. The number of alkyl halides is 1. The summed E-state index contributed by atoms with van der Waals surface area (Å²) in [5.74, 6) is -1.36. The van der Waals surface area contributed by atoms with E-state index < -0.39 is 29.4 Å². The number of hydrogen-bond acceptors (Lipinski definition) is 9. The molecule has 5 aliphatic rings. The molecule has 46 heavy (non-hydrogen) atoms. The number of phenols is 1. The number of phenolic OH excluding ortho intramolecular Hbond substituents is 1. The number of anilines is 1. The number of aryl methyl sites for hydroxylation is 1. The van der Waals surface area contributed by atoms with Crippen molar-refractivity contribution in [1.82, 2.24) is 19.9 Å². The highest BCUT2D eigenvalue weighted by Gasteiger charge is 2.49. The summed E-state index contributed by atoms with van der Waals surface area (Å²) in [5, 5.41) is 11.9. The van der Waals surface area contributed by atoms with Gasteiger partial charge in [-0.3, -0.25) is 14.7 Å². The molecule has 12 heteroatoms. The van der Waals surface area contributed by atoms with E-state index in [1.165, 1.54) is 30.5 Å². The second-order valence-electron chi connectivity index (χ2n) is 13.0. The summed E-state index contributed by atoms with van der Waals surface area (Å²) in [5.41, 5.74) is -0.0941. The van der Waals surface area contributed by atoms with E-state index in [-0.39, 0.29) is 54.0 Å². The molecule has 9 nitrogen and oxygen atoms in total. The molecule has 0 spiro atoms. The van der Waals surface area contributed by atoms with Gasteiger partial charge in [-0.25, -0.2) is 13.2 Å². The van der Waals surface area contributed by atoms with Crippen LogP contribution in [-0.2, 0) is 16.0 Å². The summed E-state index contributed by atoms with van der Waals surface area (Å²) in [6, 6.07) is 5.65. The number of aromatic hydroxyl groups is 1. The molecule has 9 rings (SSSR count). The van der Waals surface area contributed by atoms with Gasteiger partial charge in [-0.2, -0.15) is 9.97 Å². The summed E-state index contributed by atoms with van der Waals surface area (Å²) < 4.78 is 58.8. The molecular weight excluding hydrogens is 599 g/mol. The Labute approximate surface area is 263 Å². The van der Waals surface area contributed by atoms with Gasteiger partial charge in [-0.15, -0.1) is 0 Å². The molecule has 2 aromatic carbocycles. The number of hydrogen-bond donors (Lipinski definition) is 1. The van der Waals surface area contributed by atoms with Gasteiger partial charge in [0.1, 0.15) is 47.5 Å². The molecule has 4 aromatic rings. The van der Waals surface area contributed by atoms with Gasteiger partial charge in [-0.05, 0) is 79.6 Å². The van der Waals surface area contributed by atoms with Crippen LogP contribution in [0.1, 0.15) is 50.5 Å². The number of aromatic nitrogens is 3. The van der Waals surface area contributed by atoms with Crippen molar-refractivity contribution in [3.8, 4) is 23.0 Å². The predicted molar refractivity (Wildman–Crippen MR) is 165 cm³/mol. The van der Waals surface area contributed by atoms with E-state index in [2.05, 4.69) is 14.9 Å². The van der Waals surface area contributed by atoms with Crippen LogP contribution in [0.15, 0.2) is 30.5 Å². The van der Waals surface area contributed by atoms with Gasteiger partial charge in [0.2, 0.25) is 0 Å². The largest absolute Gasteiger partial charge is 0.508 e. The SMILES string of the molecule is O=C1CCCc2c(F)ccc3cc(O)cc(c23)-c2ncc3c(nc(OC[C@@]45CCCN4C[C@H](F)C5)nc3c2F)N2CCC[C@H](C2)O1. The quantitative estimate of drug-likeness (QED) is 0.288. The summed E-state index contributed by atoms with van der Waals surface area (Å²) >= 11 is 0. The molecule has 7 heterocycles. The maximum atomic E-state index is 16.8. The van der Waals surface area contributed by atoms with Gasteiger partial charge in [0.15, 0.2) is 5.82 Å². The van der Waals surface area contributed by atoms with Gasteiger partial charge in [-0.1, -0.05) is 6.07 Å². The second-order valence-corrected chi connectivity index (χ2v) is 13.0. The Kier molecular flexibility index (Phi) is 7.15. The average molecular weight is 634 g/mol. The molecule has 5 aliphatic heterocycles. The van der Waals surface area contributed by atoms with Crippen molar-refractivity contribution in [2.24, 2.45) is 0 Å². The number of esters is 1. The van der Waals surface area contributed by atoms with Crippen LogP contribution < -0.4 is 9.64 Å². The minimum Gasteiger partial charge on any atom is -0.508 e. The van der Waals surface area contributed by atoms with Crippen molar-refractivity contribution >= 4 is 33.5 Å². The number of nitrogens with zero attached hydrogens (tertiary/aromatic N) is 5. The highest BCUT2D eigenvalue weighted by Crippen LogP contribution is 2.42. The summed E-state index contributed by atoms with van der Waals surface area (Å²) in [6.07, 6.45) is 4.23. The number of halogens is 3. The first-order valence-electron chi connectivity index (χ1n) is 16.0. The average Bonchev–Trinajstić information content (AvgIpc) is 3.56. The van der Waals surface area contributed by atoms with Crippen molar-refractivity contribution < 1.29 is 32.5 Å². The third kappa shape index (κ3) is 4.97. The zero-order chi connectivity index (χ0) is 31.6. The Hall–Kier alpha value is -4.19. The lowest BCUT2D eigenvalue weighted by atomic mass is 9.93. The fourth-order valence-corrected chi connectivity index (χ4v) is 7.97. The van der Waals surface area contributed by atoms with Crippen LogP contribution in [0.2, 0.25) is 0 Å². The number of piperidine rings is 1. The number of carbonyl (C=O) groups excluding carboxylic acids is 1. The first-order valence-corrected chi connectivity index (χ1v) is 16.0. The maximum absolute atomic E-state index is 16.8. The molecule has 240 valence electrons. The smallest absolute Gasteiger partial charge is 0.319 e. The zero-order valence-electron chi connectivity index (χ0n) is 25.3. The van der Waals surface area contributed by atoms with Crippen LogP contribution in [0.5, 0.6) is 11.8 Å². The first kappa shape index (κ1) is 29.2. The Bertz CT molecular complexity index is 1870. The van der Waals surface area contributed by atoms with Gasteiger partial charge < -0.3 is 19.5 Å². The van der Waals surface area contributed by atoms with E-state index >= 15 is 8.78 Å². The van der Waals surface area contributed by atoms with E-state index in [1.54, 1.807) is 0 Å². The van der Waals surface area contributed by atoms with E-state index in [1.807, 2.05) is 4.90 Å². The summed E-state index contributed by atoms with van der Waals surface area (Å²) in [6.45, 7) is 2.26. The minimum atomic E-state index is -0.935. The summed E-state index contributed by atoms with van der Waals surface area (Å²) in [7, 11) is 0. The fraction of sp³-hybridized carbons (Fsp3) is 0.471. The van der Waals surface area contributed by atoms with E-state index in [0.717, 1.165) is 19.4 Å². The van der Waals surface area contributed by atoms with Crippen LogP contribution in [0, 0.1) is 11.6 Å². The number of rotatable bonds is 3. The number of pyridine rings is 1. The molecular formula is C34H34F3N5O4. The molecule has 0 aliphatic carbocycles. The second kappa shape index (κ2) is 11.3. The Balaban J connectivity index is 1.31. The van der Waals surface area contributed by atoms with Gasteiger partial charge in [0, 0.05) is 37.7 Å². The lowest BCUT2D eigenvalue weighted by Crippen LogP contribution is -2.43. The molecule has 1 N–H and O–H groups in total. The Morgan fingerprint density at radius 2 is 1.98 bits per heavy atom. The molecule has 0 radical (unpaired) electrons. The zero-order valence-corrected chi connectivity index (χ0v) is 25.3. The van der Waals surface area contributed by atoms with Crippen molar-refractivity contribution in [2.75, 3.05) is 37.7 Å². The molecule has 0 saturated carbocycles. The molecule has 6 bridgehead atoms. The lowest BCUT2D eigenvalue weighted by Gasteiger charge is -2.34. The highest BCUT2D eigenvalue weighted by molar-refractivity contribution is 6.01. The predicted octanol–water partition coefficient (Wildman–Crippen LogP) is 5.63. The monoisotopic (exact) mass is 633 g/mol. The van der Waals surface area contributed by atoms with Gasteiger partial charge in [0.05, 0.1) is 17.5 Å². The van der Waals surface area contributed by atoms with Crippen LogP contribution in [0.4, 0.5) is 19.0 Å². The van der Waals surface area contributed by atoms with E-state index in [9.17, 15) is 14.3 Å². The molecule has 0 amide bonds. The van der Waals surface area contributed by atoms with Gasteiger partial charge >= 0.3 is 12.0 Å². The van der Waals surface area contributed by atoms with Crippen molar-refractivity contribution in [3.05, 3.63) is 47.7 Å². The summed E-state index contributed by atoms with van der Waals surface area (Å²) in [4.78, 5) is 30.8. The highest BCUT2D eigenvalue weighted by atomic mass is 19.1. The van der Waals surface area contributed by atoms with Crippen LogP contribution in [-0.4, -0.2) is 81.5 Å². The number of ether oxygens (including phenoxy) is 2. The number of fused-ring (bicyclic) bond motifs is 6. The Morgan fingerprint density at radius 1 is 1.09 bits per heavy atom. The van der Waals surface area contributed by atoms with Crippen molar-refractivity contribution in [1.29, 1.82) is 0 Å². The van der Waals surface area contributed by atoms with Gasteiger partial charge in [0.25, 0.3) is 0 Å². The van der Waals surface area contributed by atoms with E-state index in [4.69, 9.17) is 14.5 Å². The van der Waals surface area contributed by atoms with Crippen LogP contribution >= 0.6 is 0 Å². The topological polar surface area (TPSA) is 101 Å². The molecule has 3 fully saturated rings. The van der Waals surface area contributed by atoms with Crippen molar-refractivity contribution in [2.45, 2.75) is 69.2 Å². The van der Waals surface area contributed by atoms with E-state index in [0.29, 0.717) is 72.9 Å². The number of carbonyl (C=O) groups is 1. The third-order valence-electron chi connectivity index (χ3n) is 10.1. The minimum absolute atomic E-state index is 0.0405. The van der Waals surface area contributed by atoms with Crippen LogP contribution in [0.25, 0.3) is 32.9 Å². The normalized spacial score (nSPS) is 25.0. The Morgan fingerprint density at radius 3 is 2.87 bits per heavy atom. The number of benzene rings is 2. The van der Waals surface area contributed by atoms with Crippen molar-refractivity contribution in [3.63, 3.8) is 0 Å². The molecule has 3 atom stereocenters. The molecule has 0 unspecified atom stereocenters.